The lowest BCUT2D eigenvalue weighted by Gasteiger charge is -2.58. The minimum atomic E-state index is -0.271. The Morgan fingerprint density at radius 3 is 2.22 bits per heavy atom. The molecule has 4 aliphatic carbocycles. The van der Waals surface area contributed by atoms with E-state index in [1.54, 1.807) is 5.57 Å². The van der Waals surface area contributed by atoms with Gasteiger partial charge in [-0.25, -0.2) is 0 Å². The van der Waals surface area contributed by atoms with E-state index < -0.39 is 0 Å². The van der Waals surface area contributed by atoms with E-state index >= 15 is 0 Å². The van der Waals surface area contributed by atoms with Crippen LogP contribution < -0.4 is 11.5 Å². The van der Waals surface area contributed by atoms with Gasteiger partial charge in [-0.1, -0.05) is 101 Å². The van der Waals surface area contributed by atoms with Gasteiger partial charge in [-0.15, -0.1) is 0 Å². The Kier molecular flexibility index (Phi) is 16.5. The van der Waals surface area contributed by atoms with Crippen molar-refractivity contribution in [3.05, 3.63) is 11.6 Å². The van der Waals surface area contributed by atoms with E-state index in [-0.39, 0.29) is 17.0 Å². The minimum absolute atomic E-state index is 0.253. The lowest BCUT2D eigenvalue weighted by Crippen LogP contribution is -2.50. The first kappa shape index (κ1) is 43.2. The first-order chi connectivity index (χ1) is 23.0. The van der Waals surface area contributed by atoms with E-state index in [1.165, 1.54) is 77.0 Å². The number of rotatable bonds is 17. The lowest BCUT2D eigenvalue weighted by molar-refractivity contribution is -0.131. The maximum atomic E-state index is 13.2. The van der Waals surface area contributed by atoms with Crippen molar-refractivity contribution in [2.24, 2.45) is 57.8 Å². The fourth-order valence-corrected chi connectivity index (χ4v) is 13.2. The zero-order chi connectivity index (χ0) is 36.6. The first-order valence-electron chi connectivity index (χ1n) is 20.8. The molecule has 3 fully saturated rings. The summed E-state index contributed by atoms with van der Waals surface area (Å²) < 4.78 is 0. The molecule has 3 saturated carbocycles. The molecule has 49 heavy (non-hydrogen) atoms. The Morgan fingerprint density at radius 2 is 1.63 bits per heavy atom. The topological polar surface area (TPSA) is 72.3 Å². The van der Waals surface area contributed by atoms with Crippen molar-refractivity contribution in [2.75, 3.05) is 18.8 Å². The van der Waals surface area contributed by atoms with Gasteiger partial charge in [0.2, 0.25) is 5.91 Å². The number of hydrogen-bond donors (Lipinski definition) is 2. The van der Waals surface area contributed by atoms with Crippen LogP contribution in [-0.4, -0.2) is 46.0 Å². The van der Waals surface area contributed by atoms with E-state index in [4.69, 9.17) is 11.5 Å². The van der Waals surface area contributed by atoms with Crippen molar-refractivity contribution in [2.45, 2.75) is 189 Å². The molecule has 0 aliphatic heterocycles. The number of amides is 1. The molecule has 286 valence electrons. The Bertz CT molecular complexity index is 1030. The molecule has 0 bridgehead atoms. The monoisotopic (exact) mass is 720 g/mol. The van der Waals surface area contributed by atoms with Gasteiger partial charge in [-0.3, -0.25) is 4.79 Å². The number of hydrogen-bond acceptors (Lipinski definition) is 5. The minimum Gasteiger partial charge on any atom is -0.343 e. The molecule has 0 aromatic carbocycles. The predicted molar refractivity (Wildman–Crippen MR) is 220 cm³/mol. The highest BCUT2D eigenvalue weighted by Crippen LogP contribution is 2.67. The first-order valence-corrected chi connectivity index (χ1v) is 23.2. The fraction of sp³-hybridized carbons (Fsp3) is 0.930. The number of nitrogens with two attached hydrogens (primary N) is 2. The molecule has 4 aliphatic rings. The summed E-state index contributed by atoms with van der Waals surface area (Å²) in [6.45, 7) is 26.2. The molecule has 0 radical (unpaired) electrons. The number of fused-ring (bicyclic) bond motifs is 5. The van der Waals surface area contributed by atoms with Crippen LogP contribution in [0.1, 0.15) is 172 Å². The molecule has 4 nitrogen and oxygen atoms in total. The van der Waals surface area contributed by atoms with Gasteiger partial charge in [0.1, 0.15) is 0 Å². The van der Waals surface area contributed by atoms with E-state index in [0.717, 1.165) is 54.1 Å². The van der Waals surface area contributed by atoms with Gasteiger partial charge in [0.05, 0.1) is 0 Å². The summed E-state index contributed by atoms with van der Waals surface area (Å²) in [5, 5.41) is 0.681. The largest absolute Gasteiger partial charge is 0.343 e. The van der Waals surface area contributed by atoms with Crippen LogP contribution >= 0.6 is 21.6 Å². The smallest absolute Gasteiger partial charge is 0.223 e. The average molecular weight is 720 g/mol. The summed E-state index contributed by atoms with van der Waals surface area (Å²) in [4.78, 5) is 15.3. The van der Waals surface area contributed by atoms with Crippen molar-refractivity contribution >= 4 is 27.5 Å². The third-order valence-electron chi connectivity index (χ3n) is 13.9. The molecule has 4 N–H and O–H groups in total. The van der Waals surface area contributed by atoms with Crippen LogP contribution in [0.5, 0.6) is 0 Å². The highest BCUT2D eigenvalue weighted by atomic mass is 33.1. The van der Waals surface area contributed by atoms with Gasteiger partial charge in [0, 0.05) is 41.6 Å². The molecule has 0 spiro atoms. The SMILES string of the molecule is CC.CC[C@H](CCCC1CCC2C3CC=C4CC(SSCCC(=O)N(CCC(C)(C)N)CCC(C)(C)N)CCC4(C)C3CCC12C)C(C)C. The molecule has 1 amide bonds. The van der Waals surface area contributed by atoms with Crippen LogP contribution in [0.2, 0.25) is 0 Å². The Balaban J connectivity index is 0.00000319. The Morgan fingerprint density at radius 1 is 0.980 bits per heavy atom. The maximum Gasteiger partial charge on any atom is 0.223 e. The van der Waals surface area contributed by atoms with E-state index in [0.29, 0.717) is 35.6 Å². The van der Waals surface area contributed by atoms with Crippen LogP contribution in [0.3, 0.4) is 0 Å². The zero-order valence-electron chi connectivity index (χ0n) is 34.2. The van der Waals surface area contributed by atoms with Crippen LogP contribution in [0.25, 0.3) is 0 Å². The summed E-state index contributed by atoms with van der Waals surface area (Å²) in [6, 6.07) is 0. The molecule has 4 rings (SSSR count). The number of carbonyl (C=O) groups excluding carboxylic acids is 1. The van der Waals surface area contributed by atoms with Gasteiger partial charge in [-0.05, 0) is 145 Å². The number of allylic oxidation sites excluding steroid dienone is 2. The standard InChI is InChI=1S/C41H75N3OS2.C2H6/c1-10-30(29(2)3)12-11-13-31-15-17-35-34-16-14-32-28-33(18-21-41(32,9)36(34)19-22-40(31,35)8)47-46-27-20-37(45)44(25-23-38(4,5)42)26-24-39(6,7)43;1-2/h14,29-31,33-36H,10-13,15-28,42-43H2,1-9H3;1-2H3/t30-,31?,33?,34?,35?,36?,40?,41?;/m1./s1. The maximum absolute atomic E-state index is 13.2. The third-order valence-corrected chi connectivity index (χ3v) is 16.8. The van der Waals surface area contributed by atoms with Gasteiger partial charge in [-0.2, -0.15) is 0 Å². The number of carbonyl (C=O) groups is 1. The van der Waals surface area contributed by atoms with Gasteiger partial charge < -0.3 is 16.4 Å². The molecule has 0 aromatic rings. The van der Waals surface area contributed by atoms with Crippen LogP contribution in [0.4, 0.5) is 0 Å². The van der Waals surface area contributed by atoms with Crippen LogP contribution in [-0.2, 0) is 4.79 Å². The average Bonchev–Trinajstić information content (AvgIpc) is 3.37. The summed E-state index contributed by atoms with van der Waals surface area (Å²) in [5.41, 5.74) is 14.8. The second kappa shape index (κ2) is 18.7. The van der Waals surface area contributed by atoms with Crippen molar-refractivity contribution in [1.29, 1.82) is 0 Å². The van der Waals surface area contributed by atoms with Gasteiger partial charge in [0.25, 0.3) is 0 Å². The molecular weight excluding hydrogens is 639 g/mol. The van der Waals surface area contributed by atoms with Crippen molar-refractivity contribution in [3.8, 4) is 0 Å². The van der Waals surface area contributed by atoms with Gasteiger partial charge >= 0.3 is 0 Å². The normalized spacial score (nSPS) is 32.0. The quantitative estimate of drug-likeness (QED) is 0.0889. The molecule has 8 atom stereocenters. The summed E-state index contributed by atoms with van der Waals surface area (Å²) in [5.74, 6) is 6.58. The third kappa shape index (κ3) is 11.7. The van der Waals surface area contributed by atoms with Crippen molar-refractivity contribution < 1.29 is 4.79 Å². The Hall–Kier alpha value is -0.170. The summed E-state index contributed by atoms with van der Waals surface area (Å²) in [7, 11) is 3.99. The molecular formula is C43H81N3OS2. The Labute approximate surface area is 313 Å². The second-order valence-electron chi connectivity index (χ2n) is 18.8. The van der Waals surface area contributed by atoms with Crippen LogP contribution in [0, 0.1) is 46.3 Å². The van der Waals surface area contributed by atoms with E-state index in [1.807, 2.05) is 57.2 Å². The highest BCUT2D eigenvalue weighted by Gasteiger charge is 2.58. The summed E-state index contributed by atoms with van der Waals surface area (Å²) >= 11 is 0. The van der Waals surface area contributed by atoms with Gasteiger partial charge in [0.15, 0.2) is 0 Å². The van der Waals surface area contributed by atoms with Crippen LogP contribution in [0.15, 0.2) is 11.6 Å². The molecule has 0 aromatic heterocycles. The van der Waals surface area contributed by atoms with Crippen molar-refractivity contribution in [3.63, 3.8) is 0 Å². The van der Waals surface area contributed by atoms with E-state index in [9.17, 15) is 4.79 Å². The molecule has 0 heterocycles. The van der Waals surface area contributed by atoms with E-state index in [2.05, 4.69) is 51.5 Å². The second-order valence-corrected chi connectivity index (χ2v) is 21.6. The fourth-order valence-electron chi connectivity index (χ4n) is 10.6. The summed E-state index contributed by atoms with van der Waals surface area (Å²) in [6.07, 6.45) is 21.8. The predicted octanol–water partition coefficient (Wildman–Crippen LogP) is 11.7. The number of nitrogens with zero attached hydrogens (tertiary/aromatic N) is 1. The molecule has 7 unspecified atom stereocenters. The highest BCUT2D eigenvalue weighted by molar-refractivity contribution is 8.76. The lowest BCUT2D eigenvalue weighted by atomic mass is 9.47. The molecule has 6 heteroatoms. The van der Waals surface area contributed by atoms with Crippen molar-refractivity contribution in [1.82, 2.24) is 4.90 Å². The zero-order valence-corrected chi connectivity index (χ0v) is 35.8. The molecule has 0 saturated heterocycles.